The van der Waals surface area contributed by atoms with Crippen LogP contribution in [0.4, 0.5) is 5.69 Å². The lowest BCUT2D eigenvalue weighted by Crippen LogP contribution is -2.04. The summed E-state index contributed by atoms with van der Waals surface area (Å²) in [5.41, 5.74) is 0.636. The van der Waals surface area contributed by atoms with Crippen molar-refractivity contribution in [1.29, 1.82) is 0 Å². The van der Waals surface area contributed by atoms with Gasteiger partial charge in [-0.1, -0.05) is 6.92 Å². The average molecular weight is 246 g/mol. The second kappa shape index (κ2) is 4.95. The van der Waals surface area contributed by atoms with Gasteiger partial charge in [0, 0.05) is 24.4 Å². The molecular weight excluding hydrogens is 232 g/mol. The van der Waals surface area contributed by atoms with E-state index in [2.05, 4.69) is 16.9 Å². The molecule has 2 aromatic rings. The molecule has 2 aromatic heterocycles. The van der Waals surface area contributed by atoms with Gasteiger partial charge in [0.15, 0.2) is 0 Å². The minimum Gasteiger partial charge on any atom is -0.288 e. The molecule has 6 nitrogen and oxygen atoms in total. The molecule has 0 saturated heterocycles. The third-order valence-corrected chi connectivity index (χ3v) is 2.70. The maximum Gasteiger partial charge on any atom is 0.290 e. The van der Waals surface area contributed by atoms with E-state index in [0.29, 0.717) is 11.4 Å². The average Bonchev–Trinajstić information content (AvgIpc) is 2.77. The van der Waals surface area contributed by atoms with Gasteiger partial charge in [-0.2, -0.15) is 0 Å². The van der Waals surface area contributed by atoms with Crippen molar-refractivity contribution in [3.63, 3.8) is 0 Å². The third-order valence-electron chi connectivity index (χ3n) is 2.70. The fraction of sp³-hybridized carbons (Fsp3) is 0.333. The van der Waals surface area contributed by atoms with Crippen LogP contribution in [0.5, 0.6) is 0 Å². The van der Waals surface area contributed by atoms with Gasteiger partial charge in [0.05, 0.1) is 4.92 Å². The highest BCUT2D eigenvalue weighted by Crippen LogP contribution is 2.19. The SMILES string of the molecule is CCCc1nccn1-c1cc(C)c([N+](=O)[O-])cn1. The Morgan fingerprint density at radius 1 is 1.44 bits per heavy atom. The van der Waals surface area contributed by atoms with E-state index >= 15 is 0 Å². The van der Waals surface area contributed by atoms with E-state index in [1.54, 1.807) is 19.2 Å². The van der Waals surface area contributed by atoms with Crippen molar-refractivity contribution >= 4 is 5.69 Å². The first-order valence-electron chi connectivity index (χ1n) is 5.77. The summed E-state index contributed by atoms with van der Waals surface area (Å²) in [5.74, 6) is 1.58. The van der Waals surface area contributed by atoms with E-state index in [-0.39, 0.29) is 5.69 Å². The molecule has 0 radical (unpaired) electrons. The maximum atomic E-state index is 10.7. The van der Waals surface area contributed by atoms with Gasteiger partial charge >= 0.3 is 0 Å². The van der Waals surface area contributed by atoms with Crippen LogP contribution in [0.1, 0.15) is 24.7 Å². The number of imidazole rings is 1. The Labute approximate surface area is 104 Å². The number of hydrogen-bond acceptors (Lipinski definition) is 4. The number of rotatable bonds is 4. The van der Waals surface area contributed by atoms with Gasteiger partial charge in [-0.3, -0.25) is 14.7 Å². The van der Waals surface area contributed by atoms with Crippen molar-refractivity contribution in [3.05, 3.63) is 46.2 Å². The zero-order chi connectivity index (χ0) is 13.1. The molecule has 2 rings (SSSR count). The quantitative estimate of drug-likeness (QED) is 0.613. The zero-order valence-corrected chi connectivity index (χ0v) is 10.3. The summed E-state index contributed by atoms with van der Waals surface area (Å²) >= 11 is 0. The molecule has 0 unspecified atom stereocenters. The van der Waals surface area contributed by atoms with Crippen molar-refractivity contribution < 1.29 is 4.92 Å². The summed E-state index contributed by atoms with van der Waals surface area (Å²) in [6.07, 6.45) is 6.66. The maximum absolute atomic E-state index is 10.7. The lowest BCUT2D eigenvalue weighted by molar-refractivity contribution is -0.385. The van der Waals surface area contributed by atoms with E-state index in [0.717, 1.165) is 18.7 Å². The van der Waals surface area contributed by atoms with Gasteiger partial charge in [0.25, 0.3) is 5.69 Å². The summed E-state index contributed by atoms with van der Waals surface area (Å²) in [7, 11) is 0. The predicted octanol–water partition coefficient (Wildman–Crippen LogP) is 2.44. The Kier molecular flexibility index (Phi) is 3.36. The summed E-state index contributed by atoms with van der Waals surface area (Å²) < 4.78 is 1.86. The lowest BCUT2D eigenvalue weighted by atomic mass is 10.2. The molecule has 18 heavy (non-hydrogen) atoms. The van der Waals surface area contributed by atoms with Crippen molar-refractivity contribution in [2.75, 3.05) is 0 Å². The lowest BCUT2D eigenvalue weighted by Gasteiger charge is -2.07. The molecular formula is C12H14N4O2. The Balaban J connectivity index is 2.42. The van der Waals surface area contributed by atoms with E-state index < -0.39 is 4.92 Å². The smallest absolute Gasteiger partial charge is 0.288 e. The number of aryl methyl sites for hydroxylation is 2. The van der Waals surface area contributed by atoms with Gasteiger partial charge in [-0.15, -0.1) is 0 Å². The second-order valence-corrected chi connectivity index (χ2v) is 4.05. The van der Waals surface area contributed by atoms with E-state index in [1.165, 1.54) is 6.20 Å². The number of nitrogens with zero attached hydrogens (tertiary/aromatic N) is 4. The minimum absolute atomic E-state index is 0.0379. The molecule has 0 aromatic carbocycles. The molecule has 0 bridgehead atoms. The summed E-state index contributed by atoms with van der Waals surface area (Å²) in [5, 5.41) is 10.7. The highest BCUT2D eigenvalue weighted by atomic mass is 16.6. The highest BCUT2D eigenvalue weighted by molar-refractivity contribution is 5.42. The van der Waals surface area contributed by atoms with Crippen molar-refractivity contribution in [2.45, 2.75) is 26.7 Å². The number of aromatic nitrogens is 3. The largest absolute Gasteiger partial charge is 0.290 e. The normalized spacial score (nSPS) is 10.6. The van der Waals surface area contributed by atoms with Crippen LogP contribution in [0.2, 0.25) is 0 Å². The Bertz CT molecular complexity index is 577. The fourth-order valence-electron chi connectivity index (χ4n) is 1.81. The topological polar surface area (TPSA) is 73.8 Å². The van der Waals surface area contributed by atoms with Gasteiger partial charge in [-0.05, 0) is 19.4 Å². The van der Waals surface area contributed by atoms with E-state index in [9.17, 15) is 10.1 Å². The molecule has 0 amide bonds. The van der Waals surface area contributed by atoms with Crippen LogP contribution in [0.15, 0.2) is 24.7 Å². The van der Waals surface area contributed by atoms with Crippen LogP contribution >= 0.6 is 0 Å². The highest BCUT2D eigenvalue weighted by Gasteiger charge is 2.13. The summed E-state index contributed by atoms with van der Waals surface area (Å²) in [6, 6.07) is 1.71. The second-order valence-electron chi connectivity index (χ2n) is 4.05. The van der Waals surface area contributed by atoms with Gasteiger partial charge in [-0.25, -0.2) is 9.97 Å². The Morgan fingerprint density at radius 2 is 2.22 bits per heavy atom. The van der Waals surface area contributed by atoms with Gasteiger partial charge in [0.2, 0.25) is 0 Å². The molecule has 0 aliphatic rings. The van der Waals surface area contributed by atoms with Crippen LogP contribution in [0, 0.1) is 17.0 Å². The molecule has 94 valence electrons. The first-order valence-corrected chi connectivity index (χ1v) is 5.77. The minimum atomic E-state index is -0.424. The summed E-state index contributed by atoms with van der Waals surface area (Å²) in [6.45, 7) is 3.78. The molecule has 0 atom stereocenters. The predicted molar refractivity (Wildman–Crippen MR) is 66.7 cm³/mol. The Hall–Kier alpha value is -2.24. The fourth-order valence-corrected chi connectivity index (χ4v) is 1.81. The number of nitro groups is 1. The first kappa shape index (κ1) is 12.2. The van der Waals surface area contributed by atoms with Crippen LogP contribution in [0.3, 0.4) is 0 Å². The molecule has 0 N–H and O–H groups in total. The number of hydrogen-bond donors (Lipinski definition) is 0. The van der Waals surface area contributed by atoms with Crippen LogP contribution in [0.25, 0.3) is 5.82 Å². The van der Waals surface area contributed by atoms with E-state index in [1.807, 2.05) is 10.8 Å². The van der Waals surface area contributed by atoms with Crippen molar-refractivity contribution in [3.8, 4) is 5.82 Å². The molecule has 0 saturated carbocycles. The van der Waals surface area contributed by atoms with Crippen molar-refractivity contribution in [1.82, 2.24) is 14.5 Å². The van der Waals surface area contributed by atoms with Crippen LogP contribution in [-0.4, -0.2) is 19.5 Å². The standard InChI is InChI=1S/C12H14N4O2/c1-3-4-11-13-5-6-15(11)12-7-9(2)10(8-14-12)16(17)18/h5-8H,3-4H2,1-2H3. The molecule has 0 fully saturated rings. The molecule has 0 spiro atoms. The van der Waals surface area contributed by atoms with Gasteiger partial charge in [0.1, 0.15) is 17.8 Å². The monoisotopic (exact) mass is 246 g/mol. The molecule has 0 aliphatic carbocycles. The number of pyridine rings is 1. The molecule has 6 heteroatoms. The molecule has 0 aliphatic heterocycles. The third kappa shape index (κ3) is 2.22. The van der Waals surface area contributed by atoms with Gasteiger partial charge < -0.3 is 0 Å². The molecule has 2 heterocycles. The zero-order valence-electron chi connectivity index (χ0n) is 10.3. The summed E-state index contributed by atoms with van der Waals surface area (Å²) in [4.78, 5) is 18.7. The van der Waals surface area contributed by atoms with Crippen molar-refractivity contribution in [2.24, 2.45) is 0 Å². The Morgan fingerprint density at radius 3 is 2.83 bits per heavy atom. The van der Waals surface area contributed by atoms with Crippen LogP contribution in [-0.2, 0) is 6.42 Å². The first-order chi connectivity index (χ1) is 8.63. The van der Waals surface area contributed by atoms with Crippen LogP contribution < -0.4 is 0 Å². The van der Waals surface area contributed by atoms with E-state index in [4.69, 9.17) is 0 Å².